The Morgan fingerprint density at radius 3 is 2.54 bits per heavy atom. The SMILES string of the molecule is O=C(CCNC(=O)c1ccc(F)cc1F)Nc1cccc(Cl)c1Cl. The van der Waals surface area contributed by atoms with Crippen molar-refractivity contribution >= 4 is 40.7 Å². The molecule has 0 aliphatic heterocycles. The van der Waals surface area contributed by atoms with Gasteiger partial charge < -0.3 is 10.6 Å². The van der Waals surface area contributed by atoms with Crippen LogP contribution in [0.1, 0.15) is 16.8 Å². The minimum Gasteiger partial charge on any atom is -0.351 e. The second kappa shape index (κ2) is 8.08. The molecule has 0 atom stereocenters. The van der Waals surface area contributed by atoms with Gasteiger partial charge >= 0.3 is 0 Å². The number of amides is 2. The van der Waals surface area contributed by atoms with Gasteiger partial charge in [0.2, 0.25) is 5.91 Å². The summed E-state index contributed by atoms with van der Waals surface area (Å²) in [6.45, 7) is -0.0281. The molecule has 0 unspecified atom stereocenters. The Morgan fingerprint density at radius 2 is 1.83 bits per heavy atom. The van der Waals surface area contributed by atoms with Gasteiger partial charge in [-0.3, -0.25) is 9.59 Å². The van der Waals surface area contributed by atoms with E-state index in [1.165, 1.54) is 0 Å². The molecule has 0 aliphatic carbocycles. The lowest BCUT2D eigenvalue weighted by Gasteiger charge is -2.09. The van der Waals surface area contributed by atoms with Crippen molar-refractivity contribution in [2.75, 3.05) is 11.9 Å². The maximum absolute atomic E-state index is 13.4. The number of carbonyl (C=O) groups is 2. The molecule has 0 bridgehead atoms. The molecule has 0 aromatic heterocycles. The van der Waals surface area contributed by atoms with Gasteiger partial charge in [-0.1, -0.05) is 29.3 Å². The zero-order chi connectivity index (χ0) is 17.7. The summed E-state index contributed by atoms with van der Waals surface area (Å²) in [4.78, 5) is 23.6. The van der Waals surface area contributed by atoms with Crippen molar-refractivity contribution in [1.82, 2.24) is 5.32 Å². The first-order chi connectivity index (χ1) is 11.4. The van der Waals surface area contributed by atoms with E-state index in [1.807, 2.05) is 0 Å². The van der Waals surface area contributed by atoms with Gasteiger partial charge in [0.15, 0.2) is 0 Å². The minimum absolute atomic E-state index is 0.0281. The molecule has 0 radical (unpaired) electrons. The smallest absolute Gasteiger partial charge is 0.254 e. The van der Waals surface area contributed by atoms with E-state index < -0.39 is 23.4 Å². The van der Waals surface area contributed by atoms with Crippen LogP contribution in [0.4, 0.5) is 14.5 Å². The first-order valence-electron chi connectivity index (χ1n) is 6.85. The van der Waals surface area contributed by atoms with Crippen LogP contribution in [0.3, 0.4) is 0 Å². The molecule has 126 valence electrons. The Kier molecular flexibility index (Phi) is 6.11. The van der Waals surface area contributed by atoms with Crippen LogP contribution in [0.15, 0.2) is 36.4 Å². The first-order valence-corrected chi connectivity index (χ1v) is 7.61. The molecule has 2 aromatic rings. The Hall–Kier alpha value is -2.18. The molecule has 0 aliphatic rings. The van der Waals surface area contributed by atoms with Crippen molar-refractivity contribution in [3.05, 3.63) is 63.6 Å². The van der Waals surface area contributed by atoms with Crippen LogP contribution in [-0.2, 0) is 4.79 Å². The Bertz CT molecular complexity index is 785. The summed E-state index contributed by atoms with van der Waals surface area (Å²) in [5.41, 5.74) is 0.0553. The van der Waals surface area contributed by atoms with E-state index in [9.17, 15) is 18.4 Å². The van der Waals surface area contributed by atoms with E-state index in [4.69, 9.17) is 23.2 Å². The van der Waals surface area contributed by atoms with Gasteiger partial charge in [-0.05, 0) is 24.3 Å². The lowest BCUT2D eigenvalue weighted by Crippen LogP contribution is -2.28. The van der Waals surface area contributed by atoms with Crippen molar-refractivity contribution in [3.63, 3.8) is 0 Å². The highest BCUT2D eigenvalue weighted by Crippen LogP contribution is 2.29. The quantitative estimate of drug-likeness (QED) is 0.832. The van der Waals surface area contributed by atoms with Crippen LogP contribution < -0.4 is 10.6 Å². The third kappa shape index (κ3) is 4.66. The number of anilines is 1. The van der Waals surface area contributed by atoms with Gasteiger partial charge in [-0.15, -0.1) is 0 Å². The average molecular weight is 373 g/mol. The highest BCUT2D eigenvalue weighted by molar-refractivity contribution is 6.43. The number of rotatable bonds is 5. The highest BCUT2D eigenvalue weighted by Gasteiger charge is 2.13. The standard InChI is InChI=1S/C16H12Cl2F2N2O2/c17-11-2-1-3-13(15(11)18)22-14(23)6-7-21-16(24)10-5-4-9(19)8-12(10)20/h1-5,8H,6-7H2,(H,21,24)(H,22,23). The molecular formula is C16H12Cl2F2N2O2. The summed E-state index contributed by atoms with van der Waals surface area (Å²) in [5.74, 6) is -2.88. The monoisotopic (exact) mass is 372 g/mol. The number of hydrogen-bond acceptors (Lipinski definition) is 2. The molecule has 8 heteroatoms. The second-order valence-corrected chi connectivity index (χ2v) is 5.56. The van der Waals surface area contributed by atoms with E-state index in [-0.39, 0.29) is 23.6 Å². The van der Waals surface area contributed by atoms with Crippen LogP contribution in [-0.4, -0.2) is 18.4 Å². The lowest BCUT2D eigenvalue weighted by molar-refractivity contribution is -0.116. The molecule has 0 saturated carbocycles. The van der Waals surface area contributed by atoms with Gasteiger partial charge in [0.1, 0.15) is 11.6 Å². The van der Waals surface area contributed by atoms with E-state index >= 15 is 0 Å². The van der Waals surface area contributed by atoms with Gasteiger partial charge in [0.05, 0.1) is 21.3 Å². The minimum atomic E-state index is -0.970. The van der Waals surface area contributed by atoms with E-state index in [2.05, 4.69) is 10.6 Å². The fourth-order valence-corrected chi connectivity index (χ4v) is 2.22. The molecule has 2 N–H and O–H groups in total. The summed E-state index contributed by atoms with van der Waals surface area (Å²) in [5, 5.41) is 5.45. The van der Waals surface area contributed by atoms with Gasteiger partial charge in [0.25, 0.3) is 5.91 Å². The number of carbonyl (C=O) groups excluding carboxylic acids is 2. The maximum Gasteiger partial charge on any atom is 0.254 e. The van der Waals surface area contributed by atoms with Crippen molar-refractivity contribution in [2.45, 2.75) is 6.42 Å². The highest BCUT2D eigenvalue weighted by atomic mass is 35.5. The van der Waals surface area contributed by atoms with E-state index in [0.29, 0.717) is 16.8 Å². The molecule has 2 aromatic carbocycles. The van der Waals surface area contributed by atoms with E-state index in [0.717, 1.165) is 12.1 Å². The largest absolute Gasteiger partial charge is 0.351 e. The average Bonchev–Trinajstić information content (AvgIpc) is 2.51. The van der Waals surface area contributed by atoms with Crippen LogP contribution in [0.5, 0.6) is 0 Å². The molecular weight excluding hydrogens is 361 g/mol. The maximum atomic E-state index is 13.4. The van der Waals surface area contributed by atoms with Crippen LogP contribution in [0.25, 0.3) is 0 Å². The van der Waals surface area contributed by atoms with Crippen molar-refractivity contribution in [3.8, 4) is 0 Å². The molecule has 0 spiro atoms. The predicted octanol–water partition coefficient (Wildman–Crippen LogP) is 4.03. The number of benzene rings is 2. The Labute approximate surface area is 146 Å². The summed E-state index contributed by atoms with van der Waals surface area (Å²) in [6, 6.07) is 7.42. The fourth-order valence-electron chi connectivity index (χ4n) is 1.87. The third-order valence-electron chi connectivity index (χ3n) is 3.04. The molecule has 4 nitrogen and oxygen atoms in total. The summed E-state index contributed by atoms with van der Waals surface area (Å²) < 4.78 is 26.2. The fraction of sp³-hybridized carbons (Fsp3) is 0.125. The Morgan fingerprint density at radius 1 is 1.08 bits per heavy atom. The molecule has 2 rings (SSSR count). The summed E-state index contributed by atoms with van der Waals surface area (Å²) >= 11 is 11.8. The summed E-state index contributed by atoms with van der Waals surface area (Å²) in [7, 11) is 0. The van der Waals surface area contributed by atoms with Crippen molar-refractivity contribution < 1.29 is 18.4 Å². The van der Waals surface area contributed by atoms with Gasteiger partial charge in [-0.2, -0.15) is 0 Å². The lowest BCUT2D eigenvalue weighted by atomic mass is 10.2. The topological polar surface area (TPSA) is 58.2 Å². The van der Waals surface area contributed by atoms with Crippen LogP contribution in [0.2, 0.25) is 10.0 Å². The van der Waals surface area contributed by atoms with E-state index in [1.54, 1.807) is 18.2 Å². The van der Waals surface area contributed by atoms with Gasteiger partial charge in [0, 0.05) is 19.0 Å². The number of halogens is 4. The predicted molar refractivity (Wildman–Crippen MR) is 88.4 cm³/mol. The van der Waals surface area contributed by atoms with Crippen molar-refractivity contribution in [1.29, 1.82) is 0 Å². The Balaban J connectivity index is 1.86. The first kappa shape index (κ1) is 18.2. The zero-order valence-electron chi connectivity index (χ0n) is 12.2. The third-order valence-corrected chi connectivity index (χ3v) is 3.86. The van der Waals surface area contributed by atoms with Crippen LogP contribution >= 0.6 is 23.2 Å². The van der Waals surface area contributed by atoms with Crippen LogP contribution in [0, 0.1) is 11.6 Å². The number of hydrogen-bond donors (Lipinski definition) is 2. The van der Waals surface area contributed by atoms with Crippen molar-refractivity contribution in [2.24, 2.45) is 0 Å². The summed E-state index contributed by atoms with van der Waals surface area (Å²) in [6.07, 6.45) is -0.0581. The zero-order valence-corrected chi connectivity index (χ0v) is 13.7. The molecule has 0 saturated heterocycles. The number of nitrogens with one attached hydrogen (secondary N) is 2. The van der Waals surface area contributed by atoms with Gasteiger partial charge in [-0.25, -0.2) is 8.78 Å². The second-order valence-electron chi connectivity index (χ2n) is 4.78. The molecule has 0 heterocycles. The molecule has 2 amide bonds. The molecule has 0 fully saturated rings. The molecule has 24 heavy (non-hydrogen) atoms. The normalized spacial score (nSPS) is 10.3.